The summed E-state index contributed by atoms with van der Waals surface area (Å²) in [7, 11) is 0. The first-order valence-corrected chi connectivity index (χ1v) is 17.6. The molecule has 4 amide bonds. The molecular weight excluding hydrogens is 556 g/mol. The van der Waals surface area contributed by atoms with Crippen LogP contribution < -0.4 is 16.0 Å². The maximum atomic E-state index is 12.8. The second-order valence-electron chi connectivity index (χ2n) is 13.9. The van der Waals surface area contributed by atoms with Gasteiger partial charge in [0.15, 0.2) is 5.79 Å². The van der Waals surface area contributed by atoms with Crippen molar-refractivity contribution in [3.8, 4) is 0 Å². The average molecular weight is 621 g/mol. The van der Waals surface area contributed by atoms with Crippen LogP contribution in [0.15, 0.2) is 12.2 Å². The van der Waals surface area contributed by atoms with Gasteiger partial charge in [0.2, 0.25) is 11.8 Å². The van der Waals surface area contributed by atoms with E-state index in [9.17, 15) is 14.4 Å². The average Bonchev–Trinajstić information content (AvgIpc) is 2.98. The van der Waals surface area contributed by atoms with Crippen molar-refractivity contribution < 1.29 is 23.9 Å². The Morgan fingerprint density at radius 2 is 1.39 bits per heavy atom. The first kappa shape index (κ1) is 38.1. The standard InChI is InChI=1S/C35H64N4O5/c1-6-7-8-9-10-11-12-13-14-15-16-17-18-19-20-24-37-33(42)38-29-22-26-39(27-23-29)30(40)21-25-36-32(41)31-34(2,3)28-43-35(4,5)44-31/h13-14,29,31H,6-12,15-28H2,1-5H3,(H,36,41)(H2,37,38,42)/b14-13+. The van der Waals surface area contributed by atoms with Gasteiger partial charge < -0.3 is 30.3 Å². The Hall–Kier alpha value is -2.13. The minimum atomic E-state index is -0.813. The molecule has 2 rings (SSSR count). The lowest BCUT2D eigenvalue weighted by molar-refractivity contribution is -0.304. The molecule has 0 aromatic heterocycles. The fraction of sp³-hybridized carbons (Fsp3) is 0.857. The number of nitrogens with one attached hydrogen (secondary N) is 3. The number of amides is 4. The zero-order valence-electron chi connectivity index (χ0n) is 28.6. The number of hydrogen-bond acceptors (Lipinski definition) is 5. The van der Waals surface area contributed by atoms with Gasteiger partial charge in [-0.25, -0.2) is 4.79 Å². The van der Waals surface area contributed by atoms with E-state index < -0.39 is 17.3 Å². The van der Waals surface area contributed by atoms with Crippen molar-refractivity contribution in [2.75, 3.05) is 32.8 Å². The molecule has 2 fully saturated rings. The Morgan fingerprint density at radius 3 is 2.02 bits per heavy atom. The van der Waals surface area contributed by atoms with Gasteiger partial charge in [0.05, 0.1) is 6.61 Å². The molecule has 1 atom stereocenters. The molecule has 9 heteroatoms. The van der Waals surface area contributed by atoms with Gasteiger partial charge in [-0.15, -0.1) is 0 Å². The number of allylic oxidation sites excluding steroid dienone is 2. The lowest BCUT2D eigenvalue weighted by atomic mass is 9.85. The van der Waals surface area contributed by atoms with Crippen LogP contribution in [0.2, 0.25) is 0 Å². The molecule has 0 aromatic carbocycles. The van der Waals surface area contributed by atoms with E-state index in [1.165, 1.54) is 70.6 Å². The quantitative estimate of drug-likeness (QED) is 0.105. The van der Waals surface area contributed by atoms with E-state index in [-0.39, 0.29) is 36.9 Å². The third kappa shape index (κ3) is 15.7. The molecule has 9 nitrogen and oxygen atoms in total. The van der Waals surface area contributed by atoms with E-state index in [4.69, 9.17) is 9.47 Å². The van der Waals surface area contributed by atoms with Crippen LogP contribution in [0.1, 0.15) is 137 Å². The zero-order valence-corrected chi connectivity index (χ0v) is 28.6. The van der Waals surface area contributed by atoms with Crippen molar-refractivity contribution in [1.82, 2.24) is 20.9 Å². The maximum absolute atomic E-state index is 12.8. The van der Waals surface area contributed by atoms with Crippen LogP contribution in [-0.2, 0) is 19.1 Å². The second kappa shape index (κ2) is 20.8. The van der Waals surface area contributed by atoms with E-state index in [0.717, 1.165) is 25.7 Å². The van der Waals surface area contributed by atoms with Gasteiger partial charge in [0.25, 0.3) is 0 Å². The minimum Gasteiger partial charge on any atom is -0.353 e. The van der Waals surface area contributed by atoms with Crippen LogP contribution in [0.4, 0.5) is 4.79 Å². The van der Waals surface area contributed by atoms with E-state index in [1.807, 2.05) is 18.7 Å². The first-order valence-electron chi connectivity index (χ1n) is 17.6. The summed E-state index contributed by atoms with van der Waals surface area (Å²) in [6, 6.07) is -0.0430. The Balaban J connectivity index is 1.45. The van der Waals surface area contributed by atoms with Crippen LogP contribution in [-0.4, -0.2) is 73.5 Å². The third-order valence-corrected chi connectivity index (χ3v) is 8.69. The molecule has 0 radical (unpaired) electrons. The molecule has 1 unspecified atom stereocenters. The van der Waals surface area contributed by atoms with E-state index in [1.54, 1.807) is 13.8 Å². The van der Waals surface area contributed by atoms with Crippen molar-refractivity contribution in [3.05, 3.63) is 12.2 Å². The molecule has 0 bridgehead atoms. The van der Waals surface area contributed by atoms with E-state index in [2.05, 4.69) is 35.0 Å². The summed E-state index contributed by atoms with van der Waals surface area (Å²) in [5.74, 6) is -1.01. The summed E-state index contributed by atoms with van der Waals surface area (Å²) in [4.78, 5) is 39.6. The molecule has 2 aliphatic heterocycles. The smallest absolute Gasteiger partial charge is 0.315 e. The predicted molar refractivity (Wildman–Crippen MR) is 177 cm³/mol. The van der Waals surface area contributed by atoms with E-state index in [0.29, 0.717) is 26.2 Å². The van der Waals surface area contributed by atoms with Gasteiger partial charge in [0, 0.05) is 44.1 Å². The van der Waals surface area contributed by atoms with Crippen LogP contribution in [0.25, 0.3) is 0 Å². The Kier molecular flexibility index (Phi) is 18.0. The predicted octanol–water partition coefficient (Wildman–Crippen LogP) is 6.61. The highest BCUT2D eigenvalue weighted by Crippen LogP contribution is 2.34. The fourth-order valence-corrected chi connectivity index (χ4v) is 5.77. The number of rotatable bonds is 20. The third-order valence-electron chi connectivity index (χ3n) is 8.69. The van der Waals surface area contributed by atoms with Crippen molar-refractivity contribution in [2.24, 2.45) is 5.41 Å². The Labute approximate surface area is 268 Å². The number of likely N-dealkylation sites (tertiary alicyclic amines) is 1. The van der Waals surface area contributed by atoms with Crippen molar-refractivity contribution in [1.29, 1.82) is 0 Å². The number of unbranched alkanes of at least 4 members (excludes halogenated alkanes) is 11. The van der Waals surface area contributed by atoms with Gasteiger partial charge in [-0.1, -0.05) is 84.3 Å². The zero-order chi connectivity index (χ0) is 32.3. The SMILES string of the molecule is CCCCCCCC/C=C/CCCCCCCNC(=O)NC1CCN(C(=O)CCNC(=O)C2OC(C)(C)OCC2(C)C)CC1. The summed E-state index contributed by atoms with van der Waals surface area (Å²) in [5.41, 5.74) is -0.450. The lowest BCUT2D eigenvalue weighted by Gasteiger charge is -2.44. The topological polar surface area (TPSA) is 109 Å². The van der Waals surface area contributed by atoms with Crippen LogP contribution in [0, 0.1) is 5.41 Å². The number of urea groups is 1. The largest absolute Gasteiger partial charge is 0.353 e. The molecule has 2 saturated heterocycles. The molecular formula is C35H64N4O5. The number of nitrogens with zero attached hydrogens (tertiary/aromatic N) is 1. The van der Waals surface area contributed by atoms with Gasteiger partial charge in [-0.2, -0.15) is 0 Å². The van der Waals surface area contributed by atoms with E-state index >= 15 is 0 Å². The van der Waals surface area contributed by atoms with Crippen molar-refractivity contribution in [3.63, 3.8) is 0 Å². The van der Waals surface area contributed by atoms with Gasteiger partial charge in [0.1, 0.15) is 6.10 Å². The van der Waals surface area contributed by atoms with Crippen molar-refractivity contribution >= 4 is 17.8 Å². The normalized spacial score (nSPS) is 20.0. The molecule has 0 aliphatic carbocycles. The van der Waals surface area contributed by atoms with Gasteiger partial charge in [-0.05, 0) is 58.8 Å². The number of carbonyl (C=O) groups is 3. The monoisotopic (exact) mass is 620 g/mol. The van der Waals surface area contributed by atoms with Crippen LogP contribution in [0.3, 0.4) is 0 Å². The number of ether oxygens (including phenoxy) is 2. The molecule has 2 aliphatic rings. The molecule has 254 valence electrons. The van der Waals surface area contributed by atoms with Gasteiger partial charge in [-0.3, -0.25) is 9.59 Å². The highest BCUT2D eigenvalue weighted by molar-refractivity contribution is 5.83. The highest BCUT2D eigenvalue weighted by Gasteiger charge is 2.45. The fourth-order valence-electron chi connectivity index (χ4n) is 5.77. The molecule has 3 N–H and O–H groups in total. The minimum absolute atomic E-state index is 0.0184. The summed E-state index contributed by atoms with van der Waals surface area (Å²) < 4.78 is 11.6. The highest BCUT2D eigenvalue weighted by atomic mass is 16.7. The van der Waals surface area contributed by atoms with Crippen molar-refractivity contribution in [2.45, 2.75) is 155 Å². The summed E-state index contributed by atoms with van der Waals surface area (Å²) >= 11 is 0. The summed E-state index contributed by atoms with van der Waals surface area (Å²) in [6.45, 7) is 12.3. The summed E-state index contributed by atoms with van der Waals surface area (Å²) in [6.07, 6.45) is 22.2. The maximum Gasteiger partial charge on any atom is 0.315 e. The van der Waals surface area contributed by atoms with Crippen LogP contribution >= 0.6 is 0 Å². The number of piperidine rings is 1. The molecule has 2 heterocycles. The second-order valence-corrected chi connectivity index (χ2v) is 13.9. The molecule has 0 saturated carbocycles. The Bertz CT molecular complexity index is 867. The summed E-state index contributed by atoms with van der Waals surface area (Å²) in [5, 5.41) is 8.92. The number of carbonyl (C=O) groups excluding carboxylic acids is 3. The Morgan fingerprint density at radius 1 is 0.795 bits per heavy atom. The molecule has 44 heavy (non-hydrogen) atoms. The van der Waals surface area contributed by atoms with Crippen LogP contribution in [0.5, 0.6) is 0 Å². The number of hydrogen-bond donors (Lipinski definition) is 3. The molecule has 0 spiro atoms. The first-order chi connectivity index (χ1) is 21.0. The molecule has 0 aromatic rings. The van der Waals surface area contributed by atoms with Gasteiger partial charge >= 0.3 is 6.03 Å². The lowest BCUT2D eigenvalue weighted by Crippen LogP contribution is -2.56.